The van der Waals surface area contributed by atoms with Crippen LogP contribution >= 0.6 is 0 Å². The van der Waals surface area contributed by atoms with Gasteiger partial charge in [-0.05, 0) is 19.9 Å². The highest BCUT2D eigenvalue weighted by molar-refractivity contribution is 5.52. The molecule has 0 heterocycles. The largest absolute Gasteiger partial charge is 0.366 e. The van der Waals surface area contributed by atoms with E-state index in [0.717, 1.165) is 0 Å². The standard InChI is InChI=1S/C5H9NO/c1-3-5-7-6-4-2/h3-5H,1-2H3/b5-3+,6-4+. The van der Waals surface area contributed by atoms with Crippen molar-refractivity contribution in [1.82, 2.24) is 0 Å². The molecule has 0 saturated heterocycles. The van der Waals surface area contributed by atoms with E-state index in [9.17, 15) is 0 Å². The molecule has 2 nitrogen and oxygen atoms in total. The Bertz CT molecular complexity index is 66.1. The first-order valence-corrected chi connectivity index (χ1v) is 2.16. The highest BCUT2D eigenvalue weighted by Crippen LogP contribution is 1.73. The fourth-order valence-electron chi connectivity index (χ4n) is 0.157. The van der Waals surface area contributed by atoms with Gasteiger partial charge in [-0.1, -0.05) is 5.16 Å². The molecule has 0 atom stereocenters. The van der Waals surface area contributed by atoms with Crippen molar-refractivity contribution in [3.05, 3.63) is 12.3 Å². The Labute approximate surface area is 43.5 Å². The quantitative estimate of drug-likeness (QED) is 0.292. The number of nitrogens with zero attached hydrogens (tertiary/aromatic N) is 1. The van der Waals surface area contributed by atoms with Crippen LogP contribution in [0.15, 0.2) is 17.5 Å². The summed E-state index contributed by atoms with van der Waals surface area (Å²) >= 11 is 0. The summed E-state index contributed by atoms with van der Waals surface area (Å²) < 4.78 is 0. The molecule has 7 heavy (non-hydrogen) atoms. The molecule has 0 aliphatic heterocycles. The monoisotopic (exact) mass is 99.1 g/mol. The second-order valence-electron chi connectivity index (χ2n) is 0.938. The number of hydrogen-bond acceptors (Lipinski definition) is 2. The summed E-state index contributed by atoms with van der Waals surface area (Å²) in [5.41, 5.74) is 0. The Morgan fingerprint density at radius 2 is 2.14 bits per heavy atom. The third-order valence-electron chi connectivity index (χ3n) is 0.363. The minimum absolute atomic E-state index is 1.51. The average Bonchev–Trinajstić information content (AvgIpc) is 1.69. The summed E-state index contributed by atoms with van der Waals surface area (Å²) in [6.45, 7) is 3.66. The van der Waals surface area contributed by atoms with Gasteiger partial charge in [0.2, 0.25) is 0 Å². The summed E-state index contributed by atoms with van der Waals surface area (Å²) in [5, 5.41) is 3.45. The van der Waals surface area contributed by atoms with Gasteiger partial charge < -0.3 is 4.84 Å². The van der Waals surface area contributed by atoms with Crippen molar-refractivity contribution in [3.63, 3.8) is 0 Å². The summed E-state index contributed by atoms with van der Waals surface area (Å²) in [7, 11) is 0. The van der Waals surface area contributed by atoms with Crippen LogP contribution in [0.4, 0.5) is 0 Å². The summed E-state index contributed by atoms with van der Waals surface area (Å²) in [6.07, 6.45) is 4.87. The Kier molecular flexibility index (Phi) is 4.62. The third kappa shape index (κ3) is 5.21. The Hall–Kier alpha value is -0.790. The number of allylic oxidation sites excluding steroid dienone is 1. The molecule has 0 N–H and O–H groups in total. The first-order chi connectivity index (χ1) is 3.41. The molecule has 0 bridgehead atoms. The van der Waals surface area contributed by atoms with E-state index in [0.29, 0.717) is 0 Å². The van der Waals surface area contributed by atoms with Gasteiger partial charge in [-0.25, -0.2) is 0 Å². The molecular formula is C5H9NO. The highest BCUT2D eigenvalue weighted by atomic mass is 16.6. The van der Waals surface area contributed by atoms with Crippen LogP contribution in [-0.4, -0.2) is 6.21 Å². The SMILES string of the molecule is C/C=C/O/N=C/C. The van der Waals surface area contributed by atoms with E-state index in [1.807, 2.05) is 6.92 Å². The zero-order valence-corrected chi connectivity index (χ0v) is 4.59. The fraction of sp³-hybridized carbons (Fsp3) is 0.400. The minimum atomic E-state index is 1.51. The number of hydrogen-bond donors (Lipinski definition) is 0. The van der Waals surface area contributed by atoms with E-state index in [-0.39, 0.29) is 0 Å². The molecule has 0 unspecified atom stereocenters. The van der Waals surface area contributed by atoms with Gasteiger partial charge >= 0.3 is 0 Å². The maximum atomic E-state index is 4.52. The lowest BCUT2D eigenvalue weighted by atomic mass is 10.7. The zero-order valence-electron chi connectivity index (χ0n) is 4.59. The maximum absolute atomic E-state index is 4.52. The number of rotatable bonds is 2. The van der Waals surface area contributed by atoms with E-state index in [4.69, 9.17) is 0 Å². The lowest BCUT2D eigenvalue weighted by molar-refractivity contribution is 0.269. The van der Waals surface area contributed by atoms with Gasteiger partial charge in [-0.3, -0.25) is 0 Å². The molecule has 0 amide bonds. The molecule has 0 radical (unpaired) electrons. The Balaban J connectivity index is 2.98. The van der Waals surface area contributed by atoms with Crippen LogP contribution in [0.5, 0.6) is 0 Å². The smallest absolute Gasteiger partial charge is 0.117 e. The molecule has 0 aromatic heterocycles. The molecule has 0 fully saturated rings. The van der Waals surface area contributed by atoms with E-state index < -0.39 is 0 Å². The van der Waals surface area contributed by atoms with Crippen LogP contribution in [0, 0.1) is 0 Å². The van der Waals surface area contributed by atoms with Crippen molar-refractivity contribution in [2.45, 2.75) is 13.8 Å². The Morgan fingerprint density at radius 3 is 2.57 bits per heavy atom. The van der Waals surface area contributed by atoms with E-state index in [1.165, 1.54) is 6.26 Å². The zero-order chi connectivity index (χ0) is 5.54. The van der Waals surface area contributed by atoms with Crippen molar-refractivity contribution in [1.29, 1.82) is 0 Å². The van der Waals surface area contributed by atoms with Crippen molar-refractivity contribution in [2.24, 2.45) is 5.16 Å². The van der Waals surface area contributed by atoms with Crippen LogP contribution in [-0.2, 0) is 4.84 Å². The second-order valence-corrected chi connectivity index (χ2v) is 0.938. The summed E-state index contributed by atoms with van der Waals surface area (Å²) in [4.78, 5) is 4.52. The predicted octanol–water partition coefficient (Wildman–Crippen LogP) is 1.54. The summed E-state index contributed by atoms with van der Waals surface area (Å²) in [6, 6.07) is 0. The van der Waals surface area contributed by atoms with Crippen LogP contribution in [0.3, 0.4) is 0 Å². The molecule has 0 aliphatic carbocycles. The van der Waals surface area contributed by atoms with Gasteiger partial charge in [-0.15, -0.1) is 0 Å². The molecule has 0 aromatic carbocycles. The normalized spacial score (nSPS) is 11.1. The van der Waals surface area contributed by atoms with Gasteiger partial charge in [0.15, 0.2) is 0 Å². The predicted molar refractivity (Wildman–Crippen MR) is 30.1 cm³/mol. The van der Waals surface area contributed by atoms with Gasteiger partial charge in [0.05, 0.1) is 0 Å². The highest BCUT2D eigenvalue weighted by Gasteiger charge is 1.58. The van der Waals surface area contributed by atoms with Gasteiger partial charge in [0.1, 0.15) is 6.26 Å². The molecule has 0 spiro atoms. The average molecular weight is 99.1 g/mol. The summed E-state index contributed by atoms with van der Waals surface area (Å²) in [5.74, 6) is 0. The van der Waals surface area contributed by atoms with Gasteiger partial charge in [0.25, 0.3) is 0 Å². The lowest BCUT2D eigenvalue weighted by Gasteiger charge is -1.80. The van der Waals surface area contributed by atoms with Crippen molar-refractivity contribution >= 4 is 6.21 Å². The molecule has 0 aliphatic rings. The van der Waals surface area contributed by atoms with Crippen molar-refractivity contribution in [3.8, 4) is 0 Å². The molecule has 0 aromatic rings. The van der Waals surface area contributed by atoms with Crippen molar-refractivity contribution < 1.29 is 4.84 Å². The van der Waals surface area contributed by atoms with Crippen LogP contribution in [0.25, 0.3) is 0 Å². The van der Waals surface area contributed by atoms with Gasteiger partial charge in [0, 0.05) is 6.21 Å². The van der Waals surface area contributed by atoms with E-state index >= 15 is 0 Å². The topological polar surface area (TPSA) is 21.6 Å². The molecule has 2 heteroatoms. The van der Waals surface area contributed by atoms with E-state index in [1.54, 1.807) is 19.2 Å². The van der Waals surface area contributed by atoms with Gasteiger partial charge in [-0.2, -0.15) is 0 Å². The van der Waals surface area contributed by atoms with Crippen LogP contribution < -0.4 is 0 Å². The maximum Gasteiger partial charge on any atom is 0.117 e. The number of oxime groups is 1. The molecule has 0 rings (SSSR count). The third-order valence-corrected chi connectivity index (χ3v) is 0.363. The molecule has 0 saturated carbocycles. The van der Waals surface area contributed by atoms with Crippen LogP contribution in [0.1, 0.15) is 13.8 Å². The molecule has 40 valence electrons. The van der Waals surface area contributed by atoms with E-state index in [2.05, 4.69) is 9.99 Å². The van der Waals surface area contributed by atoms with Crippen LogP contribution in [0.2, 0.25) is 0 Å². The Morgan fingerprint density at radius 1 is 1.43 bits per heavy atom. The fourth-order valence-corrected chi connectivity index (χ4v) is 0.157. The molecular weight excluding hydrogens is 90.1 g/mol. The minimum Gasteiger partial charge on any atom is -0.366 e. The first-order valence-electron chi connectivity index (χ1n) is 2.16. The first kappa shape index (κ1) is 6.21. The second kappa shape index (κ2) is 5.21. The van der Waals surface area contributed by atoms with Crippen molar-refractivity contribution in [2.75, 3.05) is 0 Å². The lowest BCUT2D eigenvalue weighted by Crippen LogP contribution is -1.63.